The molecule has 7 heteroatoms. The van der Waals surface area contributed by atoms with E-state index in [-0.39, 0.29) is 30.8 Å². The highest BCUT2D eigenvalue weighted by molar-refractivity contribution is 5.96. The van der Waals surface area contributed by atoms with E-state index >= 15 is 0 Å². The van der Waals surface area contributed by atoms with Crippen molar-refractivity contribution in [3.8, 4) is 5.75 Å². The maximum Gasteiger partial charge on any atom is 0.251 e. The number of benzene rings is 1. The Balaban J connectivity index is 0.00000288. The van der Waals surface area contributed by atoms with Crippen molar-refractivity contribution in [1.29, 1.82) is 0 Å². The molecule has 2 rings (SSSR count). The molecule has 0 aromatic heterocycles. The third-order valence-electron chi connectivity index (χ3n) is 3.75. The molecular formula is C17H26ClN3O3. The van der Waals surface area contributed by atoms with Crippen LogP contribution in [0.25, 0.3) is 0 Å². The number of halogens is 1. The Morgan fingerprint density at radius 3 is 2.50 bits per heavy atom. The van der Waals surface area contributed by atoms with Gasteiger partial charge in [0.1, 0.15) is 5.75 Å². The highest BCUT2D eigenvalue weighted by Crippen LogP contribution is 2.12. The molecule has 1 aromatic rings. The molecule has 0 unspecified atom stereocenters. The van der Waals surface area contributed by atoms with Gasteiger partial charge in [0.05, 0.1) is 13.2 Å². The summed E-state index contributed by atoms with van der Waals surface area (Å²) in [4.78, 5) is 25.8. The zero-order chi connectivity index (χ0) is 16.5. The lowest BCUT2D eigenvalue weighted by Gasteiger charge is -2.27. The molecule has 0 aliphatic carbocycles. The monoisotopic (exact) mass is 355 g/mol. The zero-order valence-electron chi connectivity index (χ0n) is 14.0. The van der Waals surface area contributed by atoms with Crippen molar-refractivity contribution in [1.82, 2.24) is 15.5 Å². The summed E-state index contributed by atoms with van der Waals surface area (Å²) in [5.74, 6) is 0.472. The topological polar surface area (TPSA) is 70.7 Å². The highest BCUT2D eigenvalue weighted by Gasteiger charge is 2.16. The first-order valence-electron chi connectivity index (χ1n) is 8.20. The molecular weight excluding hydrogens is 330 g/mol. The van der Waals surface area contributed by atoms with Crippen LogP contribution in [0.3, 0.4) is 0 Å². The van der Waals surface area contributed by atoms with Crippen molar-refractivity contribution in [2.45, 2.75) is 19.8 Å². The molecule has 0 atom stereocenters. The first-order chi connectivity index (χ1) is 11.2. The number of carbonyl (C=O) groups is 2. The number of hydrogen-bond acceptors (Lipinski definition) is 4. The minimum atomic E-state index is -0.242. The van der Waals surface area contributed by atoms with Crippen LogP contribution in [-0.4, -0.2) is 56.0 Å². The van der Waals surface area contributed by atoms with E-state index in [0.29, 0.717) is 25.3 Å². The summed E-state index contributed by atoms with van der Waals surface area (Å²) < 4.78 is 5.56. The van der Waals surface area contributed by atoms with Crippen LogP contribution in [-0.2, 0) is 4.79 Å². The fraction of sp³-hybridized carbons (Fsp3) is 0.529. The predicted octanol–water partition coefficient (Wildman–Crippen LogP) is 1.45. The standard InChI is InChI=1S/C17H25N3O3.ClH/c1-2-3-12-23-15-6-4-14(5-7-15)17(22)19-13-16(21)20-10-8-18-9-11-20;/h4-7,18H,2-3,8-13H2,1H3,(H,19,22);1H. The van der Waals surface area contributed by atoms with Gasteiger partial charge in [0, 0.05) is 31.7 Å². The van der Waals surface area contributed by atoms with E-state index in [9.17, 15) is 9.59 Å². The summed E-state index contributed by atoms with van der Waals surface area (Å²) in [7, 11) is 0. The van der Waals surface area contributed by atoms with Crippen LogP contribution in [0.5, 0.6) is 5.75 Å². The van der Waals surface area contributed by atoms with Crippen molar-refractivity contribution in [3.05, 3.63) is 29.8 Å². The minimum absolute atomic E-state index is 0. The molecule has 1 aliphatic heterocycles. The number of nitrogens with one attached hydrogen (secondary N) is 2. The van der Waals surface area contributed by atoms with Crippen LogP contribution in [0.15, 0.2) is 24.3 Å². The summed E-state index contributed by atoms with van der Waals surface area (Å²) in [6, 6.07) is 6.99. The van der Waals surface area contributed by atoms with Gasteiger partial charge in [-0.2, -0.15) is 0 Å². The molecule has 134 valence electrons. The van der Waals surface area contributed by atoms with Gasteiger partial charge in [-0.25, -0.2) is 0 Å². The van der Waals surface area contributed by atoms with E-state index in [4.69, 9.17) is 4.74 Å². The van der Waals surface area contributed by atoms with E-state index in [2.05, 4.69) is 17.6 Å². The number of ether oxygens (including phenoxy) is 1. The molecule has 2 N–H and O–H groups in total. The lowest BCUT2D eigenvalue weighted by atomic mass is 10.2. The number of rotatable bonds is 7. The van der Waals surface area contributed by atoms with Crippen LogP contribution < -0.4 is 15.4 Å². The number of unbranched alkanes of at least 4 members (excludes halogenated alkanes) is 1. The molecule has 1 aliphatic rings. The van der Waals surface area contributed by atoms with Crippen LogP contribution in [0.2, 0.25) is 0 Å². The van der Waals surface area contributed by atoms with E-state index in [1.165, 1.54) is 0 Å². The maximum absolute atomic E-state index is 12.1. The second kappa shape index (κ2) is 10.9. The average Bonchev–Trinajstić information content (AvgIpc) is 2.61. The second-order valence-corrected chi connectivity index (χ2v) is 5.54. The Labute approximate surface area is 149 Å². The number of amides is 2. The smallest absolute Gasteiger partial charge is 0.251 e. The third kappa shape index (κ3) is 6.37. The lowest BCUT2D eigenvalue weighted by molar-refractivity contribution is -0.130. The van der Waals surface area contributed by atoms with Gasteiger partial charge in [0.2, 0.25) is 5.91 Å². The van der Waals surface area contributed by atoms with E-state index in [0.717, 1.165) is 31.7 Å². The molecule has 6 nitrogen and oxygen atoms in total. The largest absolute Gasteiger partial charge is 0.494 e. The predicted molar refractivity (Wildman–Crippen MR) is 95.9 cm³/mol. The minimum Gasteiger partial charge on any atom is -0.494 e. The fourth-order valence-corrected chi connectivity index (χ4v) is 2.32. The molecule has 1 aromatic carbocycles. The summed E-state index contributed by atoms with van der Waals surface area (Å²) in [5, 5.41) is 5.87. The molecule has 1 fully saturated rings. The molecule has 0 bridgehead atoms. The molecule has 1 saturated heterocycles. The number of hydrogen-bond donors (Lipinski definition) is 2. The van der Waals surface area contributed by atoms with Crippen molar-refractivity contribution >= 4 is 24.2 Å². The van der Waals surface area contributed by atoms with E-state index in [1.54, 1.807) is 29.2 Å². The van der Waals surface area contributed by atoms with Gasteiger partial charge in [-0.15, -0.1) is 12.4 Å². The van der Waals surface area contributed by atoms with Crippen LogP contribution >= 0.6 is 12.4 Å². The first-order valence-corrected chi connectivity index (χ1v) is 8.20. The van der Waals surface area contributed by atoms with E-state index in [1.807, 2.05) is 0 Å². The Kier molecular flexibility index (Phi) is 9.19. The lowest BCUT2D eigenvalue weighted by Crippen LogP contribution is -2.49. The number of nitrogens with zero attached hydrogens (tertiary/aromatic N) is 1. The van der Waals surface area contributed by atoms with Crippen LogP contribution in [0.4, 0.5) is 0 Å². The van der Waals surface area contributed by atoms with Crippen LogP contribution in [0.1, 0.15) is 30.1 Å². The third-order valence-corrected chi connectivity index (χ3v) is 3.75. The van der Waals surface area contributed by atoms with Gasteiger partial charge < -0.3 is 20.3 Å². The maximum atomic E-state index is 12.1. The zero-order valence-corrected chi connectivity index (χ0v) is 14.9. The van der Waals surface area contributed by atoms with E-state index < -0.39 is 0 Å². The number of carbonyl (C=O) groups excluding carboxylic acids is 2. The first kappa shape index (κ1) is 20.3. The molecule has 0 saturated carbocycles. The highest BCUT2D eigenvalue weighted by atomic mass is 35.5. The van der Waals surface area contributed by atoms with Crippen LogP contribution in [0, 0.1) is 0 Å². The van der Waals surface area contributed by atoms with Gasteiger partial charge in [-0.3, -0.25) is 9.59 Å². The fourth-order valence-electron chi connectivity index (χ4n) is 2.32. The molecule has 0 radical (unpaired) electrons. The van der Waals surface area contributed by atoms with Crippen molar-refractivity contribution in [2.75, 3.05) is 39.3 Å². The van der Waals surface area contributed by atoms with Gasteiger partial charge >= 0.3 is 0 Å². The Morgan fingerprint density at radius 1 is 1.21 bits per heavy atom. The normalized spacial score (nSPS) is 13.8. The van der Waals surface area contributed by atoms with Crippen molar-refractivity contribution in [2.24, 2.45) is 0 Å². The summed E-state index contributed by atoms with van der Waals surface area (Å²) >= 11 is 0. The second-order valence-electron chi connectivity index (χ2n) is 5.54. The SMILES string of the molecule is CCCCOc1ccc(C(=O)NCC(=O)N2CCNCC2)cc1.Cl. The van der Waals surface area contributed by atoms with Gasteiger partial charge in [0.25, 0.3) is 5.91 Å². The summed E-state index contributed by atoms with van der Waals surface area (Å²) in [5.41, 5.74) is 0.529. The summed E-state index contributed by atoms with van der Waals surface area (Å²) in [6.07, 6.45) is 2.10. The van der Waals surface area contributed by atoms with Crippen molar-refractivity contribution < 1.29 is 14.3 Å². The average molecular weight is 356 g/mol. The Morgan fingerprint density at radius 2 is 1.88 bits per heavy atom. The van der Waals surface area contributed by atoms with Gasteiger partial charge in [0.15, 0.2) is 0 Å². The Bertz CT molecular complexity index is 516. The van der Waals surface area contributed by atoms with Crippen molar-refractivity contribution in [3.63, 3.8) is 0 Å². The summed E-state index contributed by atoms with van der Waals surface area (Å²) in [6.45, 7) is 5.82. The molecule has 1 heterocycles. The van der Waals surface area contributed by atoms with Gasteiger partial charge in [-0.05, 0) is 30.7 Å². The number of piperazine rings is 1. The Hall–Kier alpha value is -1.79. The quantitative estimate of drug-likeness (QED) is 0.726. The van der Waals surface area contributed by atoms with Gasteiger partial charge in [-0.1, -0.05) is 13.3 Å². The molecule has 2 amide bonds. The molecule has 24 heavy (non-hydrogen) atoms. The molecule has 0 spiro atoms.